The minimum atomic E-state index is -0.525. The number of nitrogens with one attached hydrogen (secondary N) is 3. The Hall–Kier alpha value is -4.96. The van der Waals surface area contributed by atoms with E-state index < -0.39 is 12.1 Å². The van der Waals surface area contributed by atoms with E-state index in [0.29, 0.717) is 61.7 Å². The molecular formula is C33H43N9O4. The molecule has 1 aliphatic heterocycles. The summed E-state index contributed by atoms with van der Waals surface area (Å²) < 4.78 is 6.28. The summed E-state index contributed by atoms with van der Waals surface area (Å²) in [4.78, 5) is 50.2. The van der Waals surface area contributed by atoms with E-state index in [-0.39, 0.29) is 18.4 Å². The highest BCUT2D eigenvalue weighted by atomic mass is 16.5. The SMILES string of the molecule is CCCNc1nc(Nc2ccc3c(cnn3C(=O)OCC)c2)ncc1C#CCCCNC(=O)[C@@H]1CCCN1C(=O)C=CCN(C)C. The van der Waals surface area contributed by atoms with Crippen LogP contribution in [-0.2, 0) is 14.3 Å². The maximum atomic E-state index is 12.8. The van der Waals surface area contributed by atoms with Gasteiger partial charge in [0, 0.05) is 49.7 Å². The molecule has 0 aliphatic carbocycles. The molecular weight excluding hydrogens is 586 g/mol. The van der Waals surface area contributed by atoms with Crippen LogP contribution >= 0.6 is 0 Å². The first-order chi connectivity index (χ1) is 22.3. The highest BCUT2D eigenvalue weighted by molar-refractivity contribution is 5.93. The number of amides is 2. The van der Waals surface area contributed by atoms with Crippen molar-refractivity contribution in [3.8, 4) is 11.8 Å². The van der Waals surface area contributed by atoms with Gasteiger partial charge in [-0.25, -0.2) is 9.78 Å². The van der Waals surface area contributed by atoms with Crippen LogP contribution < -0.4 is 16.0 Å². The van der Waals surface area contributed by atoms with E-state index >= 15 is 0 Å². The summed E-state index contributed by atoms with van der Waals surface area (Å²) in [5, 5.41) is 14.4. The molecule has 4 rings (SSSR count). The van der Waals surface area contributed by atoms with Crippen molar-refractivity contribution in [2.24, 2.45) is 0 Å². The third kappa shape index (κ3) is 9.28. The fourth-order valence-corrected chi connectivity index (χ4v) is 4.91. The van der Waals surface area contributed by atoms with Crippen molar-refractivity contribution in [3.05, 3.63) is 48.3 Å². The molecule has 3 aromatic rings. The lowest BCUT2D eigenvalue weighted by Gasteiger charge is -2.22. The molecule has 1 saturated heterocycles. The van der Waals surface area contributed by atoms with E-state index in [1.807, 2.05) is 37.2 Å². The highest BCUT2D eigenvalue weighted by Gasteiger charge is 2.32. The quantitative estimate of drug-likeness (QED) is 0.145. The standard InChI is InChI=1S/C33H43N9O4/c1-5-17-34-30-24(12-8-7-9-18-35-31(44)28-13-10-20-41(28)29(43)14-11-19-40(3)4)22-36-32(39-30)38-26-15-16-27-25(21-26)23-37-42(27)33(45)46-6-2/h11,14-16,21-23,28H,5-7,9-10,13,17-20H2,1-4H3,(H,35,44)(H2,34,36,38,39)/t28-/m0/s1. The molecule has 0 saturated carbocycles. The van der Waals surface area contributed by atoms with Crippen LogP contribution in [0.3, 0.4) is 0 Å². The van der Waals surface area contributed by atoms with E-state index in [1.54, 1.807) is 36.4 Å². The first-order valence-corrected chi connectivity index (χ1v) is 15.7. The number of anilines is 3. The summed E-state index contributed by atoms with van der Waals surface area (Å²) in [7, 11) is 3.88. The molecule has 0 bridgehead atoms. The Balaban J connectivity index is 1.31. The first-order valence-electron chi connectivity index (χ1n) is 15.7. The van der Waals surface area contributed by atoms with Gasteiger partial charge in [-0.3, -0.25) is 9.59 Å². The Labute approximate surface area is 269 Å². The van der Waals surface area contributed by atoms with Crippen molar-refractivity contribution in [1.29, 1.82) is 0 Å². The van der Waals surface area contributed by atoms with Crippen molar-refractivity contribution in [2.45, 2.75) is 52.0 Å². The number of rotatable bonds is 13. The zero-order valence-corrected chi connectivity index (χ0v) is 27.0. The largest absolute Gasteiger partial charge is 0.448 e. The number of hydrogen-bond acceptors (Lipinski definition) is 10. The van der Waals surface area contributed by atoms with E-state index in [1.165, 1.54) is 4.68 Å². The molecule has 3 heterocycles. The average Bonchev–Trinajstić information content (AvgIpc) is 3.70. The van der Waals surface area contributed by atoms with E-state index in [2.05, 4.69) is 49.8 Å². The summed E-state index contributed by atoms with van der Waals surface area (Å²) in [5.41, 5.74) is 2.06. The van der Waals surface area contributed by atoms with Gasteiger partial charge in [0.05, 0.1) is 30.1 Å². The number of likely N-dealkylation sites (tertiary alicyclic amines) is 1. The van der Waals surface area contributed by atoms with Gasteiger partial charge in [-0.2, -0.15) is 14.8 Å². The van der Waals surface area contributed by atoms with Crippen molar-refractivity contribution in [3.63, 3.8) is 0 Å². The zero-order valence-electron chi connectivity index (χ0n) is 27.0. The van der Waals surface area contributed by atoms with Gasteiger partial charge in [0.2, 0.25) is 17.8 Å². The molecule has 1 aliphatic rings. The molecule has 0 radical (unpaired) electrons. The predicted molar refractivity (Wildman–Crippen MR) is 178 cm³/mol. The van der Waals surface area contributed by atoms with Crippen molar-refractivity contribution >= 4 is 46.3 Å². The minimum Gasteiger partial charge on any atom is -0.448 e. The number of carbonyl (C=O) groups is 3. The van der Waals surface area contributed by atoms with Crippen LogP contribution in [0.15, 0.2) is 42.7 Å². The average molecular weight is 630 g/mol. The molecule has 1 fully saturated rings. The molecule has 3 N–H and O–H groups in total. The summed E-state index contributed by atoms with van der Waals surface area (Å²) in [6, 6.07) is 5.04. The molecule has 2 amide bonds. The van der Waals surface area contributed by atoms with E-state index in [0.717, 1.165) is 30.5 Å². The summed E-state index contributed by atoms with van der Waals surface area (Å²) in [6.45, 7) is 6.56. The first kappa shape index (κ1) is 33.9. The number of likely N-dealkylation sites (N-methyl/N-ethyl adjacent to an activating group) is 1. The van der Waals surface area contributed by atoms with Gasteiger partial charge in [-0.15, -0.1) is 0 Å². The maximum absolute atomic E-state index is 12.8. The second-order valence-electron chi connectivity index (χ2n) is 11.1. The van der Waals surface area contributed by atoms with Gasteiger partial charge >= 0.3 is 6.09 Å². The summed E-state index contributed by atoms with van der Waals surface area (Å²) in [5.74, 6) is 7.11. The molecule has 13 nitrogen and oxygen atoms in total. The molecule has 1 atom stereocenters. The van der Waals surface area contributed by atoms with Crippen LogP contribution in [-0.4, -0.2) is 100 Å². The number of fused-ring (bicyclic) bond motifs is 1. The van der Waals surface area contributed by atoms with E-state index in [4.69, 9.17) is 4.74 Å². The van der Waals surface area contributed by atoms with Crippen LogP contribution in [0.1, 0.15) is 51.5 Å². The fraction of sp³-hybridized carbons (Fsp3) is 0.455. The monoisotopic (exact) mass is 629 g/mol. The molecule has 0 unspecified atom stereocenters. The number of unbranched alkanes of at least 4 members (excludes halogenated alkanes) is 1. The van der Waals surface area contributed by atoms with Crippen LogP contribution in [0.5, 0.6) is 0 Å². The summed E-state index contributed by atoms with van der Waals surface area (Å²) in [6.07, 6.45) is 9.79. The van der Waals surface area contributed by atoms with Crippen LogP contribution in [0, 0.1) is 11.8 Å². The Morgan fingerprint density at radius 1 is 1.17 bits per heavy atom. The van der Waals surface area contributed by atoms with Crippen molar-refractivity contribution in [2.75, 3.05) is 57.5 Å². The van der Waals surface area contributed by atoms with Crippen molar-refractivity contribution < 1.29 is 19.1 Å². The third-order valence-electron chi connectivity index (χ3n) is 7.17. The number of hydrogen-bond donors (Lipinski definition) is 3. The Morgan fingerprint density at radius 2 is 2.02 bits per heavy atom. The van der Waals surface area contributed by atoms with E-state index in [9.17, 15) is 14.4 Å². The molecule has 244 valence electrons. The van der Waals surface area contributed by atoms with Crippen LogP contribution in [0.4, 0.5) is 22.2 Å². The van der Waals surface area contributed by atoms with Crippen LogP contribution in [0.25, 0.3) is 10.9 Å². The Morgan fingerprint density at radius 3 is 2.80 bits per heavy atom. The highest BCUT2D eigenvalue weighted by Crippen LogP contribution is 2.23. The zero-order chi connectivity index (χ0) is 32.9. The van der Waals surface area contributed by atoms with Gasteiger partial charge in [0.25, 0.3) is 0 Å². The molecule has 13 heteroatoms. The molecule has 2 aromatic heterocycles. The maximum Gasteiger partial charge on any atom is 0.435 e. The lowest BCUT2D eigenvalue weighted by Crippen LogP contribution is -2.45. The number of ether oxygens (including phenoxy) is 1. The van der Waals surface area contributed by atoms with Gasteiger partial charge < -0.3 is 30.5 Å². The Bertz CT molecular complexity index is 1610. The summed E-state index contributed by atoms with van der Waals surface area (Å²) >= 11 is 0. The molecule has 46 heavy (non-hydrogen) atoms. The molecule has 1 aromatic carbocycles. The van der Waals surface area contributed by atoms with Gasteiger partial charge in [-0.1, -0.05) is 24.8 Å². The third-order valence-corrected chi connectivity index (χ3v) is 7.17. The lowest BCUT2D eigenvalue weighted by molar-refractivity contribution is -0.135. The molecule has 0 spiro atoms. The lowest BCUT2D eigenvalue weighted by atomic mass is 10.2. The fourth-order valence-electron chi connectivity index (χ4n) is 4.91. The number of carbonyl (C=O) groups excluding carboxylic acids is 3. The smallest absolute Gasteiger partial charge is 0.435 e. The topological polar surface area (TPSA) is 147 Å². The van der Waals surface area contributed by atoms with Gasteiger partial charge in [-0.05, 0) is 64.9 Å². The number of benzene rings is 1. The predicted octanol–water partition coefficient (Wildman–Crippen LogP) is 3.75. The van der Waals surface area contributed by atoms with Gasteiger partial charge in [0.15, 0.2) is 0 Å². The second kappa shape index (κ2) is 16.9. The van der Waals surface area contributed by atoms with Gasteiger partial charge in [0.1, 0.15) is 11.9 Å². The van der Waals surface area contributed by atoms with Crippen molar-refractivity contribution in [1.82, 2.24) is 34.9 Å². The normalized spacial score (nSPS) is 14.4. The Kier molecular flexibility index (Phi) is 12.5. The number of nitrogens with zero attached hydrogens (tertiary/aromatic N) is 6. The number of aromatic nitrogens is 4. The second-order valence-corrected chi connectivity index (χ2v) is 11.1. The minimum absolute atomic E-state index is 0.116. The van der Waals surface area contributed by atoms with Crippen LogP contribution in [0.2, 0.25) is 0 Å².